The van der Waals surface area contributed by atoms with Gasteiger partial charge in [0, 0.05) is 19.6 Å². The van der Waals surface area contributed by atoms with Crippen LogP contribution in [-0.2, 0) is 4.79 Å². The maximum Gasteiger partial charge on any atom is 0.274 e. The molecular formula is C14H21N5O2. The van der Waals surface area contributed by atoms with Crippen molar-refractivity contribution in [3.8, 4) is 0 Å². The lowest BCUT2D eigenvalue weighted by Gasteiger charge is -2.34. The number of hydrogen-bond acceptors (Lipinski definition) is 5. The van der Waals surface area contributed by atoms with Crippen LogP contribution in [0.2, 0.25) is 0 Å². The summed E-state index contributed by atoms with van der Waals surface area (Å²) in [5, 5.41) is 5.88. The van der Waals surface area contributed by atoms with Crippen molar-refractivity contribution < 1.29 is 9.59 Å². The molecule has 0 bridgehead atoms. The molecule has 0 spiro atoms. The van der Waals surface area contributed by atoms with Crippen LogP contribution in [0.3, 0.4) is 0 Å². The first-order chi connectivity index (χ1) is 10.2. The molecule has 1 aliphatic heterocycles. The topological polar surface area (TPSA) is 87.2 Å². The van der Waals surface area contributed by atoms with Crippen molar-refractivity contribution in [2.45, 2.75) is 32.7 Å². The van der Waals surface area contributed by atoms with Gasteiger partial charge in [0.1, 0.15) is 17.6 Å². The molecule has 21 heavy (non-hydrogen) atoms. The molecule has 1 unspecified atom stereocenters. The predicted octanol–water partition coefficient (Wildman–Crippen LogP) is 0.649. The molecular weight excluding hydrogens is 270 g/mol. The van der Waals surface area contributed by atoms with Gasteiger partial charge in [0.05, 0.1) is 12.4 Å². The van der Waals surface area contributed by atoms with Crippen molar-refractivity contribution >= 4 is 17.6 Å². The number of rotatable bonds is 5. The number of nitrogens with one attached hydrogen (secondary N) is 2. The quantitative estimate of drug-likeness (QED) is 0.831. The first-order valence-corrected chi connectivity index (χ1v) is 7.32. The number of hydrogen-bond donors (Lipinski definition) is 2. The fourth-order valence-corrected chi connectivity index (χ4v) is 2.32. The van der Waals surface area contributed by atoms with Crippen LogP contribution in [0.15, 0.2) is 12.4 Å². The van der Waals surface area contributed by atoms with Crippen LogP contribution >= 0.6 is 0 Å². The van der Waals surface area contributed by atoms with E-state index >= 15 is 0 Å². The van der Waals surface area contributed by atoms with Gasteiger partial charge in [-0.2, -0.15) is 0 Å². The summed E-state index contributed by atoms with van der Waals surface area (Å²) in [5.41, 5.74) is 0.268. The van der Waals surface area contributed by atoms with Crippen LogP contribution in [-0.4, -0.2) is 52.4 Å². The summed E-state index contributed by atoms with van der Waals surface area (Å²) < 4.78 is 0. The Morgan fingerprint density at radius 2 is 2.29 bits per heavy atom. The molecule has 1 aromatic heterocycles. The average Bonchev–Trinajstić information content (AvgIpc) is 2.52. The van der Waals surface area contributed by atoms with E-state index in [9.17, 15) is 9.59 Å². The lowest BCUT2D eigenvalue weighted by molar-refractivity contribution is -0.127. The molecule has 1 aromatic rings. The third-order valence-corrected chi connectivity index (χ3v) is 3.39. The number of amides is 2. The number of anilines is 1. The summed E-state index contributed by atoms with van der Waals surface area (Å²) in [5.74, 6) is 0.229. The standard InChI is InChI=1S/C14H21N5O2/c1-3-5-16-12-9-15-8-10(18-12)14(21)19-7-6-17-13(20)11(19)4-2/h8-9,11H,3-7H2,1-2H3,(H,16,18)(H,17,20). The molecule has 2 amide bonds. The Morgan fingerprint density at radius 3 is 3.00 bits per heavy atom. The van der Waals surface area contributed by atoms with E-state index in [0.717, 1.165) is 13.0 Å². The van der Waals surface area contributed by atoms with Crippen LogP contribution in [0.4, 0.5) is 5.82 Å². The third kappa shape index (κ3) is 3.48. The fourth-order valence-electron chi connectivity index (χ4n) is 2.32. The van der Waals surface area contributed by atoms with E-state index in [4.69, 9.17) is 0 Å². The normalized spacial score (nSPS) is 18.3. The van der Waals surface area contributed by atoms with Crippen LogP contribution in [0.1, 0.15) is 37.2 Å². The van der Waals surface area contributed by atoms with Gasteiger partial charge in [-0.05, 0) is 12.8 Å². The van der Waals surface area contributed by atoms with E-state index in [1.165, 1.54) is 6.20 Å². The zero-order valence-corrected chi connectivity index (χ0v) is 12.4. The monoisotopic (exact) mass is 291 g/mol. The van der Waals surface area contributed by atoms with Crippen molar-refractivity contribution in [2.24, 2.45) is 0 Å². The average molecular weight is 291 g/mol. The molecule has 0 radical (unpaired) electrons. The van der Waals surface area contributed by atoms with Crippen LogP contribution < -0.4 is 10.6 Å². The van der Waals surface area contributed by atoms with E-state index in [2.05, 4.69) is 20.6 Å². The minimum atomic E-state index is -0.430. The largest absolute Gasteiger partial charge is 0.369 e. The van der Waals surface area contributed by atoms with E-state index < -0.39 is 6.04 Å². The van der Waals surface area contributed by atoms with Gasteiger partial charge >= 0.3 is 0 Å². The highest BCUT2D eigenvalue weighted by Crippen LogP contribution is 2.13. The van der Waals surface area contributed by atoms with Crippen LogP contribution in [0.5, 0.6) is 0 Å². The molecule has 7 heteroatoms. The Labute approximate surface area is 124 Å². The second kappa shape index (κ2) is 7.01. The maximum atomic E-state index is 12.6. The van der Waals surface area contributed by atoms with Crippen LogP contribution in [0, 0.1) is 0 Å². The fraction of sp³-hybridized carbons (Fsp3) is 0.571. The molecule has 0 aromatic carbocycles. The minimum absolute atomic E-state index is 0.106. The van der Waals surface area contributed by atoms with Gasteiger partial charge in [-0.1, -0.05) is 13.8 Å². The molecule has 1 saturated heterocycles. The zero-order valence-electron chi connectivity index (χ0n) is 12.4. The summed E-state index contributed by atoms with van der Waals surface area (Å²) in [6.45, 7) is 5.68. The van der Waals surface area contributed by atoms with Gasteiger partial charge in [-0.25, -0.2) is 4.98 Å². The first kappa shape index (κ1) is 15.2. The molecule has 2 rings (SSSR count). The maximum absolute atomic E-state index is 12.6. The minimum Gasteiger partial charge on any atom is -0.369 e. The van der Waals surface area contributed by atoms with Gasteiger partial charge in [0.25, 0.3) is 5.91 Å². The van der Waals surface area contributed by atoms with Crippen molar-refractivity contribution in [1.82, 2.24) is 20.2 Å². The molecule has 2 heterocycles. The number of nitrogens with zero attached hydrogens (tertiary/aromatic N) is 3. The van der Waals surface area contributed by atoms with E-state index in [-0.39, 0.29) is 17.5 Å². The Balaban J connectivity index is 2.16. The zero-order chi connectivity index (χ0) is 15.2. The van der Waals surface area contributed by atoms with E-state index in [1.807, 2.05) is 13.8 Å². The molecule has 114 valence electrons. The number of piperazine rings is 1. The van der Waals surface area contributed by atoms with E-state index in [1.54, 1.807) is 11.1 Å². The van der Waals surface area contributed by atoms with Crippen molar-refractivity contribution in [2.75, 3.05) is 25.0 Å². The summed E-state index contributed by atoms with van der Waals surface area (Å²) >= 11 is 0. The highest BCUT2D eigenvalue weighted by atomic mass is 16.2. The van der Waals surface area contributed by atoms with Crippen molar-refractivity contribution in [1.29, 1.82) is 0 Å². The van der Waals surface area contributed by atoms with Crippen molar-refractivity contribution in [3.63, 3.8) is 0 Å². The summed E-state index contributed by atoms with van der Waals surface area (Å²) in [4.78, 5) is 34.3. The van der Waals surface area contributed by atoms with Gasteiger partial charge in [-0.15, -0.1) is 0 Å². The van der Waals surface area contributed by atoms with Crippen molar-refractivity contribution in [3.05, 3.63) is 18.1 Å². The Morgan fingerprint density at radius 1 is 1.48 bits per heavy atom. The summed E-state index contributed by atoms with van der Waals surface area (Å²) in [6, 6.07) is -0.430. The highest BCUT2D eigenvalue weighted by Gasteiger charge is 2.32. The molecule has 7 nitrogen and oxygen atoms in total. The molecule has 2 N–H and O–H groups in total. The lowest BCUT2D eigenvalue weighted by Crippen LogP contribution is -2.57. The smallest absolute Gasteiger partial charge is 0.274 e. The number of aromatic nitrogens is 2. The van der Waals surface area contributed by atoms with Gasteiger partial charge in [0.2, 0.25) is 5.91 Å². The number of carbonyl (C=O) groups excluding carboxylic acids is 2. The molecule has 1 aliphatic rings. The van der Waals surface area contributed by atoms with Gasteiger partial charge < -0.3 is 15.5 Å². The molecule has 0 saturated carbocycles. The van der Waals surface area contributed by atoms with E-state index in [0.29, 0.717) is 25.3 Å². The second-order valence-corrected chi connectivity index (χ2v) is 4.93. The number of carbonyl (C=O) groups is 2. The SMILES string of the molecule is CCCNc1cncc(C(=O)N2CCNC(=O)C2CC)n1. The van der Waals surface area contributed by atoms with Gasteiger partial charge in [-0.3, -0.25) is 14.6 Å². The first-order valence-electron chi connectivity index (χ1n) is 7.32. The third-order valence-electron chi connectivity index (χ3n) is 3.39. The Hall–Kier alpha value is -2.18. The van der Waals surface area contributed by atoms with Gasteiger partial charge in [0.15, 0.2) is 0 Å². The second-order valence-electron chi connectivity index (χ2n) is 4.93. The molecule has 1 atom stereocenters. The predicted molar refractivity (Wildman–Crippen MR) is 78.9 cm³/mol. The summed E-state index contributed by atoms with van der Waals surface area (Å²) in [7, 11) is 0. The highest BCUT2D eigenvalue weighted by molar-refractivity contribution is 5.96. The Kier molecular flexibility index (Phi) is 5.08. The molecule has 0 aliphatic carbocycles. The molecule has 1 fully saturated rings. The summed E-state index contributed by atoms with van der Waals surface area (Å²) in [6.07, 6.45) is 4.58. The Bertz CT molecular complexity index is 520. The lowest BCUT2D eigenvalue weighted by atomic mass is 10.1. The van der Waals surface area contributed by atoms with Crippen LogP contribution in [0.25, 0.3) is 0 Å².